The topological polar surface area (TPSA) is 29.3 Å². The van der Waals surface area contributed by atoms with Gasteiger partial charge in [-0.1, -0.05) is 42.5 Å². The van der Waals surface area contributed by atoms with Crippen LogP contribution in [0.2, 0.25) is 0 Å². The molecule has 2 aromatic rings. The first-order valence-corrected chi connectivity index (χ1v) is 6.28. The number of nitrogens with zero attached hydrogens (tertiary/aromatic N) is 1. The molecule has 0 spiro atoms. The third kappa shape index (κ3) is 2.83. The van der Waals surface area contributed by atoms with Crippen LogP contribution < -0.4 is 10.6 Å². The van der Waals surface area contributed by atoms with Gasteiger partial charge in [0.15, 0.2) is 0 Å². The summed E-state index contributed by atoms with van der Waals surface area (Å²) >= 11 is 0. The predicted molar refractivity (Wildman–Crippen MR) is 79.0 cm³/mol. The van der Waals surface area contributed by atoms with E-state index >= 15 is 0 Å². The van der Waals surface area contributed by atoms with Crippen molar-refractivity contribution in [3.05, 3.63) is 59.7 Å². The van der Waals surface area contributed by atoms with Crippen LogP contribution >= 0.6 is 0 Å². The molecule has 0 aliphatic rings. The predicted octanol–water partition coefficient (Wildman–Crippen LogP) is 3.26. The van der Waals surface area contributed by atoms with E-state index in [1.807, 2.05) is 19.1 Å². The number of benzene rings is 2. The van der Waals surface area contributed by atoms with Gasteiger partial charge in [-0.25, -0.2) is 0 Å². The van der Waals surface area contributed by atoms with E-state index in [0.29, 0.717) is 0 Å². The first kappa shape index (κ1) is 12.5. The van der Waals surface area contributed by atoms with Gasteiger partial charge in [0.05, 0.1) is 11.4 Å². The van der Waals surface area contributed by atoms with E-state index in [9.17, 15) is 0 Å². The molecule has 0 fully saturated rings. The zero-order chi connectivity index (χ0) is 13.0. The van der Waals surface area contributed by atoms with Gasteiger partial charge in [-0.3, -0.25) is 0 Å². The van der Waals surface area contributed by atoms with Crippen LogP contribution in [0.5, 0.6) is 0 Å². The van der Waals surface area contributed by atoms with Gasteiger partial charge in [-0.2, -0.15) is 0 Å². The van der Waals surface area contributed by atoms with Crippen LogP contribution in [-0.2, 0) is 6.42 Å². The van der Waals surface area contributed by atoms with Crippen molar-refractivity contribution in [2.75, 3.05) is 24.2 Å². The molecule has 0 atom stereocenters. The normalized spacial score (nSPS) is 10.3. The molecule has 2 rings (SSSR count). The molecule has 0 saturated heterocycles. The Morgan fingerprint density at radius 1 is 1.00 bits per heavy atom. The Morgan fingerprint density at radius 2 is 1.72 bits per heavy atom. The molecule has 0 aromatic heterocycles. The van der Waals surface area contributed by atoms with Crippen molar-refractivity contribution >= 4 is 11.4 Å². The Bertz CT molecular complexity index is 506. The molecular weight excluding hydrogens is 220 g/mol. The summed E-state index contributed by atoms with van der Waals surface area (Å²) in [7, 11) is 2.09. The third-order valence-electron chi connectivity index (χ3n) is 3.29. The molecule has 0 bridgehead atoms. The lowest BCUT2D eigenvalue weighted by Crippen LogP contribution is -2.21. The van der Waals surface area contributed by atoms with Crippen LogP contribution in [0.25, 0.3) is 0 Å². The number of hydrogen-bond donors (Lipinski definition) is 1. The monoisotopic (exact) mass is 240 g/mol. The van der Waals surface area contributed by atoms with E-state index in [0.717, 1.165) is 29.9 Å². The maximum Gasteiger partial charge on any atom is 0.0600 e. The molecule has 94 valence electrons. The second kappa shape index (κ2) is 5.58. The average molecular weight is 240 g/mol. The highest BCUT2D eigenvalue weighted by atomic mass is 15.1. The van der Waals surface area contributed by atoms with E-state index in [1.54, 1.807) is 0 Å². The Morgan fingerprint density at radius 3 is 2.44 bits per heavy atom. The molecule has 0 saturated carbocycles. The average Bonchev–Trinajstić information content (AvgIpc) is 2.40. The summed E-state index contributed by atoms with van der Waals surface area (Å²) in [6.07, 6.45) is 1.03. The minimum atomic E-state index is 0.882. The summed E-state index contributed by atoms with van der Waals surface area (Å²) in [5, 5.41) is 0. The smallest absolute Gasteiger partial charge is 0.0600 e. The Balaban J connectivity index is 2.04. The summed E-state index contributed by atoms with van der Waals surface area (Å²) in [5.74, 6) is 0. The molecule has 0 aliphatic carbocycles. The van der Waals surface area contributed by atoms with E-state index in [-0.39, 0.29) is 0 Å². The zero-order valence-corrected chi connectivity index (χ0v) is 11.1. The van der Waals surface area contributed by atoms with Gasteiger partial charge in [0.25, 0.3) is 0 Å². The van der Waals surface area contributed by atoms with Crippen LogP contribution in [0.3, 0.4) is 0 Å². The fraction of sp³-hybridized carbons (Fsp3) is 0.250. The van der Waals surface area contributed by atoms with Gasteiger partial charge in [0, 0.05) is 13.6 Å². The minimum absolute atomic E-state index is 0.882. The van der Waals surface area contributed by atoms with Crippen LogP contribution in [0.1, 0.15) is 11.1 Å². The maximum absolute atomic E-state index is 6.11. The zero-order valence-electron chi connectivity index (χ0n) is 11.1. The summed E-state index contributed by atoms with van der Waals surface area (Å²) in [4.78, 5) is 2.22. The van der Waals surface area contributed by atoms with Crippen molar-refractivity contribution in [2.24, 2.45) is 0 Å². The molecule has 0 amide bonds. The van der Waals surface area contributed by atoms with Crippen LogP contribution in [0.15, 0.2) is 48.5 Å². The lowest BCUT2D eigenvalue weighted by atomic mass is 10.1. The van der Waals surface area contributed by atoms with Gasteiger partial charge < -0.3 is 10.6 Å². The van der Waals surface area contributed by atoms with Crippen molar-refractivity contribution < 1.29 is 0 Å². The fourth-order valence-corrected chi connectivity index (χ4v) is 2.06. The standard InChI is InChI=1S/C16H20N2/c1-13-7-6-10-15(16(13)17)18(2)12-11-14-8-4-3-5-9-14/h3-10H,11-12,17H2,1-2H3. The highest BCUT2D eigenvalue weighted by Crippen LogP contribution is 2.25. The SMILES string of the molecule is Cc1cccc(N(C)CCc2ccccc2)c1N. The molecule has 18 heavy (non-hydrogen) atoms. The number of anilines is 2. The van der Waals surface area contributed by atoms with Gasteiger partial charge in [-0.15, -0.1) is 0 Å². The van der Waals surface area contributed by atoms with Crippen LogP contribution in [-0.4, -0.2) is 13.6 Å². The van der Waals surface area contributed by atoms with Gasteiger partial charge in [0.1, 0.15) is 0 Å². The first-order valence-electron chi connectivity index (χ1n) is 6.28. The third-order valence-corrected chi connectivity index (χ3v) is 3.29. The molecule has 2 nitrogen and oxygen atoms in total. The van der Waals surface area contributed by atoms with Crippen molar-refractivity contribution in [3.8, 4) is 0 Å². The summed E-state index contributed by atoms with van der Waals surface area (Å²) in [6, 6.07) is 16.7. The summed E-state index contributed by atoms with van der Waals surface area (Å²) in [5.41, 5.74) is 10.6. The highest BCUT2D eigenvalue weighted by molar-refractivity contribution is 5.70. The number of rotatable bonds is 4. The second-order valence-electron chi connectivity index (χ2n) is 4.66. The fourth-order valence-electron chi connectivity index (χ4n) is 2.06. The molecule has 2 aromatic carbocycles. The molecular formula is C16H20N2. The number of likely N-dealkylation sites (N-methyl/N-ethyl adjacent to an activating group) is 1. The molecule has 0 aliphatic heterocycles. The van der Waals surface area contributed by atoms with Crippen molar-refractivity contribution in [3.63, 3.8) is 0 Å². The number of hydrogen-bond acceptors (Lipinski definition) is 2. The Labute approximate surface area is 109 Å². The van der Waals surface area contributed by atoms with Crippen molar-refractivity contribution in [1.82, 2.24) is 0 Å². The Hall–Kier alpha value is -1.96. The lowest BCUT2D eigenvalue weighted by Gasteiger charge is -2.22. The quantitative estimate of drug-likeness (QED) is 0.831. The number of para-hydroxylation sites is 1. The number of aryl methyl sites for hydroxylation is 1. The number of nitrogen functional groups attached to an aromatic ring is 1. The van der Waals surface area contributed by atoms with E-state index < -0.39 is 0 Å². The molecule has 2 heteroatoms. The summed E-state index contributed by atoms with van der Waals surface area (Å²) < 4.78 is 0. The maximum atomic E-state index is 6.11. The molecule has 2 N–H and O–H groups in total. The number of nitrogens with two attached hydrogens (primary N) is 1. The lowest BCUT2D eigenvalue weighted by molar-refractivity contribution is 0.877. The van der Waals surface area contributed by atoms with Crippen LogP contribution in [0.4, 0.5) is 11.4 Å². The first-order chi connectivity index (χ1) is 8.68. The van der Waals surface area contributed by atoms with Gasteiger partial charge in [-0.05, 0) is 30.5 Å². The van der Waals surface area contributed by atoms with E-state index in [4.69, 9.17) is 5.73 Å². The summed E-state index contributed by atoms with van der Waals surface area (Å²) in [6.45, 7) is 3.02. The second-order valence-corrected chi connectivity index (χ2v) is 4.66. The molecule has 0 unspecified atom stereocenters. The van der Waals surface area contributed by atoms with E-state index in [1.165, 1.54) is 5.56 Å². The molecule has 0 heterocycles. The minimum Gasteiger partial charge on any atom is -0.397 e. The van der Waals surface area contributed by atoms with Crippen LogP contribution in [0, 0.1) is 6.92 Å². The highest BCUT2D eigenvalue weighted by Gasteiger charge is 2.06. The molecule has 0 radical (unpaired) electrons. The van der Waals surface area contributed by atoms with E-state index in [2.05, 4.69) is 48.3 Å². The van der Waals surface area contributed by atoms with Crippen molar-refractivity contribution in [1.29, 1.82) is 0 Å². The largest absolute Gasteiger partial charge is 0.397 e. The van der Waals surface area contributed by atoms with Gasteiger partial charge in [0.2, 0.25) is 0 Å². The van der Waals surface area contributed by atoms with Gasteiger partial charge >= 0.3 is 0 Å². The Kier molecular flexibility index (Phi) is 3.88. The van der Waals surface area contributed by atoms with Crippen molar-refractivity contribution in [2.45, 2.75) is 13.3 Å².